The normalized spacial score (nSPS) is 22.0. The van der Waals surface area contributed by atoms with E-state index in [1.807, 2.05) is 12.4 Å². The van der Waals surface area contributed by atoms with E-state index >= 15 is 0 Å². The van der Waals surface area contributed by atoms with Crippen LogP contribution in [0.25, 0.3) is 0 Å². The summed E-state index contributed by atoms with van der Waals surface area (Å²) < 4.78 is 1.11. The predicted octanol–water partition coefficient (Wildman–Crippen LogP) is 2.19. The molecule has 1 aromatic heterocycles. The fraction of sp³-hybridized carbons (Fsp3) is 0.444. The summed E-state index contributed by atoms with van der Waals surface area (Å²) in [5.74, 6) is 0. The zero-order valence-corrected chi connectivity index (χ0v) is 8.56. The highest BCUT2D eigenvalue weighted by Gasteiger charge is 2.20. The van der Waals surface area contributed by atoms with Crippen LogP contribution in [-0.2, 0) is 0 Å². The minimum absolute atomic E-state index is 0.537. The van der Waals surface area contributed by atoms with Crippen LogP contribution < -0.4 is 5.32 Å². The first-order valence-corrected chi connectivity index (χ1v) is 4.91. The van der Waals surface area contributed by atoms with E-state index < -0.39 is 0 Å². The van der Waals surface area contributed by atoms with Crippen molar-refractivity contribution in [2.24, 2.45) is 0 Å². The molecule has 0 aromatic carbocycles. The summed E-state index contributed by atoms with van der Waals surface area (Å²) in [7, 11) is 0. The maximum absolute atomic E-state index is 4.16. The molecule has 1 saturated heterocycles. The van der Waals surface area contributed by atoms with Gasteiger partial charge in [-0.25, -0.2) is 0 Å². The van der Waals surface area contributed by atoms with E-state index in [1.54, 1.807) is 0 Å². The number of nitrogens with zero attached hydrogens (tertiary/aromatic N) is 1. The van der Waals surface area contributed by atoms with Gasteiger partial charge in [-0.3, -0.25) is 4.98 Å². The van der Waals surface area contributed by atoms with Crippen LogP contribution in [0.4, 0.5) is 0 Å². The van der Waals surface area contributed by atoms with Gasteiger partial charge < -0.3 is 5.32 Å². The molecule has 1 unspecified atom stereocenters. The lowest BCUT2D eigenvalue weighted by Crippen LogP contribution is -2.35. The van der Waals surface area contributed by atoms with Crippen LogP contribution >= 0.6 is 15.9 Å². The Kier molecular flexibility index (Phi) is 2.15. The first-order valence-electron chi connectivity index (χ1n) is 4.12. The molecule has 1 aromatic rings. The van der Waals surface area contributed by atoms with Gasteiger partial charge >= 0.3 is 0 Å². The van der Waals surface area contributed by atoms with Crippen LogP contribution in [0, 0.1) is 6.92 Å². The Hall–Kier alpha value is -0.410. The molecule has 0 aliphatic carbocycles. The number of hydrogen-bond donors (Lipinski definition) is 1. The molecular weight excluding hydrogens is 216 g/mol. The Labute approximate surface area is 80.5 Å². The van der Waals surface area contributed by atoms with E-state index in [2.05, 4.69) is 33.2 Å². The largest absolute Gasteiger partial charge is 0.310 e. The second-order valence-corrected chi connectivity index (χ2v) is 3.99. The van der Waals surface area contributed by atoms with Gasteiger partial charge in [0.25, 0.3) is 0 Å². The Morgan fingerprint density at radius 3 is 2.92 bits per heavy atom. The molecule has 1 N–H and O–H groups in total. The summed E-state index contributed by atoms with van der Waals surface area (Å²) in [5.41, 5.74) is 2.64. The molecule has 1 aliphatic heterocycles. The molecule has 0 bridgehead atoms. The maximum Gasteiger partial charge on any atom is 0.0413 e. The van der Waals surface area contributed by atoms with E-state index in [9.17, 15) is 0 Å². The predicted molar refractivity (Wildman–Crippen MR) is 52.0 cm³/mol. The molecule has 2 heterocycles. The lowest BCUT2D eigenvalue weighted by Gasteiger charge is -2.29. The summed E-state index contributed by atoms with van der Waals surface area (Å²) in [6.07, 6.45) is 5.04. The van der Waals surface area contributed by atoms with Gasteiger partial charge in [0.2, 0.25) is 0 Å². The Balaban J connectivity index is 2.36. The summed E-state index contributed by atoms with van der Waals surface area (Å²) >= 11 is 3.48. The standard InChI is InChI=1S/C9H11BrN2/c1-6-7(9-2-3-12-9)4-11-5-8(6)10/h4-5,9,12H,2-3H2,1H3. The minimum atomic E-state index is 0.537. The quantitative estimate of drug-likeness (QED) is 0.795. The highest BCUT2D eigenvalue weighted by molar-refractivity contribution is 9.10. The van der Waals surface area contributed by atoms with Crippen molar-refractivity contribution in [3.8, 4) is 0 Å². The van der Waals surface area contributed by atoms with Crippen molar-refractivity contribution >= 4 is 15.9 Å². The number of nitrogens with one attached hydrogen (secondary N) is 1. The molecule has 2 nitrogen and oxygen atoms in total. The van der Waals surface area contributed by atoms with E-state index in [1.165, 1.54) is 17.5 Å². The van der Waals surface area contributed by atoms with Gasteiger partial charge in [-0.2, -0.15) is 0 Å². The van der Waals surface area contributed by atoms with Crippen molar-refractivity contribution < 1.29 is 0 Å². The molecule has 1 atom stereocenters. The smallest absolute Gasteiger partial charge is 0.0413 e. The highest BCUT2D eigenvalue weighted by Crippen LogP contribution is 2.28. The van der Waals surface area contributed by atoms with Crippen molar-refractivity contribution in [3.05, 3.63) is 28.0 Å². The van der Waals surface area contributed by atoms with Gasteiger partial charge in [0.05, 0.1) is 0 Å². The second kappa shape index (κ2) is 3.15. The van der Waals surface area contributed by atoms with E-state index in [0.29, 0.717) is 6.04 Å². The van der Waals surface area contributed by atoms with E-state index in [-0.39, 0.29) is 0 Å². The van der Waals surface area contributed by atoms with Gasteiger partial charge in [-0.05, 0) is 46.9 Å². The zero-order chi connectivity index (χ0) is 8.55. The maximum atomic E-state index is 4.16. The van der Waals surface area contributed by atoms with Crippen molar-refractivity contribution in [3.63, 3.8) is 0 Å². The molecule has 2 rings (SSSR count). The van der Waals surface area contributed by atoms with Crippen LogP contribution in [0.1, 0.15) is 23.6 Å². The molecule has 12 heavy (non-hydrogen) atoms. The van der Waals surface area contributed by atoms with Crippen molar-refractivity contribution in [1.82, 2.24) is 10.3 Å². The van der Waals surface area contributed by atoms with Gasteiger partial charge in [0.15, 0.2) is 0 Å². The third-order valence-corrected chi connectivity index (χ3v) is 3.19. The number of aromatic nitrogens is 1. The fourth-order valence-corrected chi connectivity index (χ4v) is 1.77. The lowest BCUT2D eigenvalue weighted by atomic mass is 9.96. The van der Waals surface area contributed by atoms with E-state index in [4.69, 9.17) is 0 Å². The molecule has 0 saturated carbocycles. The Morgan fingerprint density at radius 2 is 2.33 bits per heavy atom. The molecule has 0 radical (unpaired) electrons. The first kappa shape index (κ1) is 8.20. The monoisotopic (exact) mass is 226 g/mol. The summed E-state index contributed by atoms with van der Waals surface area (Å²) in [6.45, 7) is 3.26. The topological polar surface area (TPSA) is 24.9 Å². The van der Waals surface area contributed by atoms with Crippen molar-refractivity contribution in [2.75, 3.05) is 6.54 Å². The molecule has 0 amide bonds. The molecule has 64 valence electrons. The molecule has 1 fully saturated rings. The van der Waals surface area contributed by atoms with Crippen LogP contribution in [-0.4, -0.2) is 11.5 Å². The second-order valence-electron chi connectivity index (χ2n) is 3.13. The number of pyridine rings is 1. The third-order valence-electron chi connectivity index (χ3n) is 2.39. The average Bonchev–Trinajstić information content (AvgIpc) is 1.95. The van der Waals surface area contributed by atoms with Crippen LogP contribution in [0.5, 0.6) is 0 Å². The van der Waals surface area contributed by atoms with Crippen molar-refractivity contribution in [2.45, 2.75) is 19.4 Å². The van der Waals surface area contributed by atoms with Gasteiger partial charge in [0.1, 0.15) is 0 Å². The average molecular weight is 227 g/mol. The third kappa shape index (κ3) is 1.27. The Bertz CT molecular complexity index is 295. The van der Waals surface area contributed by atoms with Gasteiger partial charge in [-0.1, -0.05) is 0 Å². The number of hydrogen-bond acceptors (Lipinski definition) is 2. The molecule has 0 spiro atoms. The molecule has 3 heteroatoms. The van der Waals surface area contributed by atoms with Crippen molar-refractivity contribution in [1.29, 1.82) is 0 Å². The summed E-state index contributed by atoms with van der Waals surface area (Å²) in [6, 6.07) is 0.537. The Morgan fingerprint density at radius 1 is 1.58 bits per heavy atom. The van der Waals surface area contributed by atoms with E-state index in [0.717, 1.165) is 11.0 Å². The van der Waals surface area contributed by atoms with Crippen LogP contribution in [0.3, 0.4) is 0 Å². The minimum Gasteiger partial charge on any atom is -0.310 e. The summed E-state index contributed by atoms with van der Waals surface area (Å²) in [4.78, 5) is 4.16. The van der Waals surface area contributed by atoms with Crippen LogP contribution in [0.15, 0.2) is 16.9 Å². The lowest BCUT2D eigenvalue weighted by molar-refractivity contribution is 0.381. The fourth-order valence-electron chi connectivity index (χ4n) is 1.42. The van der Waals surface area contributed by atoms with Gasteiger partial charge in [0, 0.05) is 22.9 Å². The molecular formula is C9H11BrN2. The highest BCUT2D eigenvalue weighted by atomic mass is 79.9. The number of halogens is 1. The molecule has 1 aliphatic rings. The SMILES string of the molecule is Cc1c(Br)cncc1C1CCN1. The zero-order valence-electron chi connectivity index (χ0n) is 6.97. The number of rotatable bonds is 1. The summed E-state index contributed by atoms with van der Waals surface area (Å²) in [5, 5.41) is 3.37. The van der Waals surface area contributed by atoms with Crippen LogP contribution in [0.2, 0.25) is 0 Å². The first-order chi connectivity index (χ1) is 5.79. The van der Waals surface area contributed by atoms with Gasteiger partial charge in [-0.15, -0.1) is 0 Å².